The summed E-state index contributed by atoms with van der Waals surface area (Å²) in [5.41, 5.74) is 5.69. The average molecular weight is 269 g/mol. The summed E-state index contributed by atoms with van der Waals surface area (Å²) in [7, 11) is 0. The first-order valence-electron chi connectivity index (χ1n) is 6.43. The zero-order valence-electron chi connectivity index (χ0n) is 11.4. The number of nitrogens with one attached hydrogen (secondary N) is 1. The Balaban J connectivity index is 2.51. The number of nitrogens with two attached hydrogens (primary N) is 1. The van der Waals surface area contributed by atoms with Crippen molar-refractivity contribution in [1.82, 2.24) is 14.9 Å². The standard InChI is InChI=1S/C12H23N5S/c1-4-14-10-9-11(16-12(13)15-10)18-8-7-17(5-2)6-3/h9H,4-8H2,1-3H3,(H3,13,14,15,16). The number of nitrogen functional groups attached to an aromatic ring is 1. The van der Waals surface area contributed by atoms with Crippen LogP contribution in [0.15, 0.2) is 11.1 Å². The Morgan fingerprint density at radius 3 is 2.61 bits per heavy atom. The Hall–Kier alpha value is -1.01. The summed E-state index contributed by atoms with van der Waals surface area (Å²) in [5.74, 6) is 2.15. The summed E-state index contributed by atoms with van der Waals surface area (Å²) in [6, 6.07) is 1.95. The lowest BCUT2D eigenvalue weighted by atomic mass is 10.5. The lowest BCUT2D eigenvalue weighted by molar-refractivity contribution is 0.324. The van der Waals surface area contributed by atoms with Crippen molar-refractivity contribution in [3.05, 3.63) is 6.07 Å². The molecule has 1 aromatic rings. The van der Waals surface area contributed by atoms with Gasteiger partial charge in [-0.25, -0.2) is 4.98 Å². The number of thioether (sulfide) groups is 1. The zero-order chi connectivity index (χ0) is 13.4. The summed E-state index contributed by atoms with van der Waals surface area (Å²) in [5, 5.41) is 4.09. The SMILES string of the molecule is CCNc1cc(SCCN(CC)CC)nc(N)n1. The molecule has 18 heavy (non-hydrogen) atoms. The normalized spacial score (nSPS) is 10.9. The van der Waals surface area contributed by atoms with Gasteiger partial charge in [0.2, 0.25) is 5.95 Å². The van der Waals surface area contributed by atoms with Crippen molar-refractivity contribution in [1.29, 1.82) is 0 Å². The summed E-state index contributed by atoms with van der Waals surface area (Å²) in [6.45, 7) is 10.5. The van der Waals surface area contributed by atoms with Crippen LogP contribution in [0.4, 0.5) is 11.8 Å². The molecule has 0 bridgehead atoms. The molecule has 0 radical (unpaired) electrons. The second kappa shape index (κ2) is 8.16. The van der Waals surface area contributed by atoms with Crippen molar-refractivity contribution in [2.24, 2.45) is 0 Å². The minimum atomic E-state index is 0.332. The maximum atomic E-state index is 5.69. The van der Waals surface area contributed by atoms with E-state index in [1.165, 1.54) is 0 Å². The largest absolute Gasteiger partial charge is 0.370 e. The van der Waals surface area contributed by atoms with E-state index in [2.05, 4.69) is 34.0 Å². The maximum Gasteiger partial charge on any atom is 0.223 e. The zero-order valence-corrected chi connectivity index (χ0v) is 12.3. The van der Waals surface area contributed by atoms with Crippen molar-refractivity contribution >= 4 is 23.5 Å². The molecule has 1 heterocycles. The molecule has 0 amide bonds. The van der Waals surface area contributed by atoms with Gasteiger partial charge in [0.25, 0.3) is 0 Å². The highest BCUT2D eigenvalue weighted by Crippen LogP contribution is 2.19. The number of nitrogens with zero attached hydrogens (tertiary/aromatic N) is 3. The number of hydrogen-bond donors (Lipinski definition) is 2. The van der Waals surface area contributed by atoms with Crippen molar-refractivity contribution < 1.29 is 0 Å². The highest BCUT2D eigenvalue weighted by molar-refractivity contribution is 7.99. The molecule has 0 fully saturated rings. The van der Waals surface area contributed by atoms with Gasteiger partial charge in [-0.1, -0.05) is 13.8 Å². The predicted octanol–water partition coefficient (Wildman–Crippen LogP) is 1.92. The van der Waals surface area contributed by atoms with Crippen LogP contribution in [0.3, 0.4) is 0 Å². The Morgan fingerprint density at radius 1 is 1.28 bits per heavy atom. The third-order valence-electron chi connectivity index (χ3n) is 2.63. The van der Waals surface area contributed by atoms with Crippen LogP contribution in [0, 0.1) is 0 Å². The van der Waals surface area contributed by atoms with Crippen LogP contribution in [-0.4, -0.2) is 46.8 Å². The minimum Gasteiger partial charge on any atom is -0.370 e. The molecule has 5 nitrogen and oxygen atoms in total. The molecule has 3 N–H and O–H groups in total. The Morgan fingerprint density at radius 2 is 2.00 bits per heavy atom. The molecule has 1 rings (SSSR count). The predicted molar refractivity (Wildman–Crippen MR) is 79.1 cm³/mol. The van der Waals surface area contributed by atoms with Crippen LogP contribution in [-0.2, 0) is 0 Å². The van der Waals surface area contributed by atoms with E-state index in [1.54, 1.807) is 11.8 Å². The first-order chi connectivity index (χ1) is 8.69. The summed E-state index contributed by atoms with van der Waals surface area (Å²) in [6.07, 6.45) is 0. The topological polar surface area (TPSA) is 67.1 Å². The van der Waals surface area contributed by atoms with Crippen molar-refractivity contribution in [2.75, 3.05) is 43.0 Å². The van der Waals surface area contributed by atoms with Crippen LogP contribution >= 0.6 is 11.8 Å². The van der Waals surface area contributed by atoms with Gasteiger partial charge >= 0.3 is 0 Å². The van der Waals surface area contributed by atoms with Crippen LogP contribution in [0.2, 0.25) is 0 Å². The van der Waals surface area contributed by atoms with Crippen molar-refractivity contribution in [2.45, 2.75) is 25.8 Å². The van der Waals surface area contributed by atoms with E-state index in [9.17, 15) is 0 Å². The molecule has 6 heteroatoms. The van der Waals surface area contributed by atoms with Gasteiger partial charge in [0, 0.05) is 24.9 Å². The van der Waals surface area contributed by atoms with Crippen LogP contribution in [0.1, 0.15) is 20.8 Å². The molecule has 0 unspecified atom stereocenters. The molecule has 0 atom stereocenters. The quantitative estimate of drug-likeness (QED) is 0.555. The second-order valence-electron chi connectivity index (χ2n) is 3.86. The monoisotopic (exact) mass is 269 g/mol. The molecule has 0 saturated carbocycles. The molecule has 0 aliphatic heterocycles. The van der Waals surface area contributed by atoms with Crippen molar-refractivity contribution in [3.8, 4) is 0 Å². The van der Waals surface area contributed by atoms with Gasteiger partial charge in [-0.2, -0.15) is 4.98 Å². The maximum absolute atomic E-state index is 5.69. The van der Waals surface area contributed by atoms with E-state index < -0.39 is 0 Å². The van der Waals surface area contributed by atoms with E-state index in [-0.39, 0.29) is 0 Å². The molecular formula is C12H23N5S. The molecule has 0 aromatic carbocycles. The average Bonchev–Trinajstić information content (AvgIpc) is 2.34. The molecule has 0 aliphatic carbocycles. The van der Waals surface area contributed by atoms with E-state index in [0.29, 0.717) is 5.95 Å². The fourth-order valence-corrected chi connectivity index (χ4v) is 2.52. The van der Waals surface area contributed by atoms with Crippen molar-refractivity contribution in [3.63, 3.8) is 0 Å². The molecule has 1 aromatic heterocycles. The fraction of sp³-hybridized carbons (Fsp3) is 0.667. The molecular weight excluding hydrogens is 246 g/mol. The van der Waals surface area contributed by atoms with Gasteiger partial charge in [-0.3, -0.25) is 0 Å². The van der Waals surface area contributed by atoms with Crippen LogP contribution in [0.25, 0.3) is 0 Å². The van der Waals surface area contributed by atoms with Crippen LogP contribution in [0.5, 0.6) is 0 Å². The second-order valence-corrected chi connectivity index (χ2v) is 4.97. The third kappa shape index (κ3) is 5.10. The van der Waals surface area contributed by atoms with Gasteiger partial charge < -0.3 is 16.0 Å². The van der Waals surface area contributed by atoms with E-state index in [0.717, 1.165) is 42.8 Å². The van der Waals surface area contributed by atoms with Gasteiger partial charge in [-0.15, -0.1) is 11.8 Å². The lowest BCUT2D eigenvalue weighted by Gasteiger charge is -2.17. The highest BCUT2D eigenvalue weighted by Gasteiger charge is 2.04. The summed E-state index contributed by atoms with van der Waals surface area (Å²) < 4.78 is 0. The Bertz CT molecular complexity index is 354. The van der Waals surface area contributed by atoms with Gasteiger partial charge in [0.15, 0.2) is 0 Å². The summed E-state index contributed by atoms with van der Waals surface area (Å²) in [4.78, 5) is 10.8. The lowest BCUT2D eigenvalue weighted by Crippen LogP contribution is -2.25. The first-order valence-corrected chi connectivity index (χ1v) is 7.41. The fourth-order valence-electron chi connectivity index (χ4n) is 1.61. The molecule has 0 aliphatic rings. The first kappa shape index (κ1) is 15.0. The van der Waals surface area contributed by atoms with Gasteiger partial charge in [0.1, 0.15) is 10.8 Å². The Labute approximate surface area is 114 Å². The number of hydrogen-bond acceptors (Lipinski definition) is 6. The van der Waals surface area contributed by atoms with E-state index >= 15 is 0 Å². The Kier molecular flexibility index (Phi) is 6.82. The van der Waals surface area contributed by atoms with Gasteiger partial charge in [-0.05, 0) is 20.0 Å². The molecule has 0 saturated heterocycles. The minimum absolute atomic E-state index is 0.332. The summed E-state index contributed by atoms with van der Waals surface area (Å²) >= 11 is 1.72. The smallest absolute Gasteiger partial charge is 0.223 e. The van der Waals surface area contributed by atoms with Gasteiger partial charge in [0.05, 0.1) is 0 Å². The van der Waals surface area contributed by atoms with E-state index in [4.69, 9.17) is 5.73 Å². The highest BCUT2D eigenvalue weighted by atomic mass is 32.2. The van der Waals surface area contributed by atoms with E-state index in [1.807, 2.05) is 13.0 Å². The molecule has 102 valence electrons. The third-order valence-corrected chi connectivity index (χ3v) is 3.52. The number of aromatic nitrogens is 2. The molecule has 0 spiro atoms. The number of anilines is 2. The van der Waals surface area contributed by atoms with Crippen LogP contribution < -0.4 is 11.1 Å². The number of rotatable bonds is 8.